The first-order chi connectivity index (χ1) is 6.54. The molecule has 1 rings (SSSR count). The fourth-order valence-corrected chi connectivity index (χ4v) is 0.977. The second-order valence-corrected chi connectivity index (χ2v) is 2.66. The summed E-state index contributed by atoms with van der Waals surface area (Å²) in [7, 11) is 0. The van der Waals surface area contributed by atoms with Crippen LogP contribution in [0.4, 0.5) is 14.5 Å². The van der Waals surface area contributed by atoms with Crippen LogP contribution in [0.1, 0.15) is 17.3 Å². The lowest BCUT2D eigenvalue weighted by molar-refractivity contribution is -0.114. The van der Waals surface area contributed by atoms with Gasteiger partial charge in [-0.15, -0.1) is 0 Å². The predicted octanol–water partition coefficient (Wildman–Crippen LogP) is 1.74. The minimum Gasteiger partial charge on any atom is -0.324 e. The van der Waals surface area contributed by atoms with Crippen LogP contribution in [-0.4, -0.2) is 12.2 Å². The molecule has 0 saturated carbocycles. The van der Waals surface area contributed by atoms with E-state index in [0.29, 0.717) is 0 Å². The zero-order valence-corrected chi connectivity index (χ0v) is 7.30. The molecule has 0 unspecified atom stereocenters. The third-order valence-corrected chi connectivity index (χ3v) is 1.50. The highest BCUT2D eigenvalue weighted by Gasteiger charge is 2.11. The molecule has 0 saturated heterocycles. The summed E-state index contributed by atoms with van der Waals surface area (Å²) < 4.78 is 26.0. The van der Waals surface area contributed by atoms with Gasteiger partial charge in [0.1, 0.15) is 5.82 Å². The summed E-state index contributed by atoms with van der Waals surface area (Å²) in [5.41, 5.74) is -0.756. The van der Waals surface area contributed by atoms with Crippen LogP contribution in [0.15, 0.2) is 12.1 Å². The molecule has 0 aliphatic carbocycles. The van der Waals surface area contributed by atoms with Crippen molar-refractivity contribution in [3.05, 3.63) is 29.3 Å². The van der Waals surface area contributed by atoms with Crippen molar-refractivity contribution in [1.82, 2.24) is 0 Å². The molecule has 0 spiro atoms. The molecular formula is C9H7F2NO2. The number of benzene rings is 1. The van der Waals surface area contributed by atoms with Crippen molar-refractivity contribution in [2.45, 2.75) is 6.92 Å². The van der Waals surface area contributed by atoms with Crippen LogP contribution in [0.2, 0.25) is 0 Å². The number of nitrogens with one attached hydrogen (secondary N) is 1. The smallest absolute Gasteiger partial charge is 0.221 e. The molecule has 3 nitrogen and oxygen atoms in total. The summed E-state index contributed by atoms with van der Waals surface area (Å²) in [6, 6.07) is 1.57. The molecule has 0 fully saturated rings. The molecule has 0 bridgehead atoms. The highest BCUT2D eigenvalue weighted by molar-refractivity contribution is 5.90. The lowest BCUT2D eigenvalue weighted by atomic mass is 10.2. The van der Waals surface area contributed by atoms with Gasteiger partial charge in [-0.25, -0.2) is 8.78 Å². The van der Waals surface area contributed by atoms with Crippen LogP contribution in [-0.2, 0) is 4.79 Å². The number of hydrogen-bond acceptors (Lipinski definition) is 2. The molecule has 0 heterocycles. The number of carbonyl (C=O) groups is 2. The summed E-state index contributed by atoms with van der Waals surface area (Å²) in [6.45, 7) is 1.16. The van der Waals surface area contributed by atoms with E-state index in [9.17, 15) is 18.4 Å². The van der Waals surface area contributed by atoms with Crippen LogP contribution >= 0.6 is 0 Å². The fourth-order valence-electron chi connectivity index (χ4n) is 0.977. The minimum absolute atomic E-state index is 0.184. The van der Waals surface area contributed by atoms with E-state index in [-0.39, 0.29) is 12.0 Å². The Morgan fingerprint density at radius 1 is 1.43 bits per heavy atom. The Labute approximate surface area is 78.7 Å². The monoisotopic (exact) mass is 199 g/mol. The van der Waals surface area contributed by atoms with Gasteiger partial charge < -0.3 is 5.32 Å². The lowest BCUT2D eigenvalue weighted by Gasteiger charge is -2.05. The molecule has 14 heavy (non-hydrogen) atoms. The van der Waals surface area contributed by atoms with Crippen molar-refractivity contribution in [2.75, 3.05) is 5.32 Å². The van der Waals surface area contributed by atoms with Gasteiger partial charge in [0.15, 0.2) is 12.1 Å². The summed E-state index contributed by atoms with van der Waals surface area (Å²) >= 11 is 0. The molecule has 74 valence electrons. The van der Waals surface area contributed by atoms with Gasteiger partial charge in [0.05, 0.1) is 11.3 Å². The zero-order valence-electron chi connectivity index (χ0n) is 7.30. The van der Waals surface area contributed by atoms with Crippen molar-refractivity contribution < 1.29 is 18.4 Å². The normalized spacial score (nSPS) is 9.64. The quantitative estimate of drug-likeness (QED) is 0.737. The molecule has 1 aromatic carbocycles. The first-order valence-corrected chi connectivity index (χ1v) is 3.76. The molecule has 1 aromatic rings. The molecule has 5 heteroatoms. The van der Waals surface area contributed by atoms with Gasteiger partial charge in [0.25, 0.3) is 0 Å². The molecule has 1 N–H and O–H groups in total. The number of halogens is 2. The minimum atomic E-state index is -0.934. The zero-order chi connectivity index (χ0) is 10.7. The van der Waals surface area contributed by atoms with Crippen molar-refractivity contribution in [1.29, 1.82) is 0 Å². The highest BCUT2D eigenvalue weighted by Crippen LogP contribution is 2.18. The average molecular weight is 199 g/mol. The molecule has 0 aliphatic rings. The second kappa shape index (κ2) is 3.95. The summed E-state index contributed by atoms with van der Waals surface area (Å²) in [5.74, 6) is -2.25. The first kappa shape index (κ1) is 10.3. The van der Waals surface area contributed by atoms with Crippen molar-refractivity contribution >= 4 is 17.9 Å². The van der Waals surface area contributed by atoms with Crippen LogP contribution in [0.5, 0.6) is 0 Å². The topological polar surface area (TPSA) is 46.2 Å². The number of carbonyl (C=O) groups excluding carboxylic acids is 2. The van der Waals surface area contributed by atoms with Gasteiger partial charge in [-0.1, -0.05) is 0 Å². The third-order valence-electron chi connectivity index (χ3n) is 1.50. The molecule has 1 amide bonds. The van der Waals surface area contributed by atoms with Crippen molar-refractivity contribution in [3.63, 3.8) is 0 Å². The van der Waals surface area contributed by atoms with Gasteiger partial charge in [0, 0.05) is 13.0 Å². The SMILES string of the molecule is CC(=O)Nc1cc(F)cc(C=O)c1F. The Morgan fingerprint density at radius 3 is 2.57 bits per heavy atom. The summed E-state index contributed by atoms with van der Waals surface area (Å²) in [6.07, 6.45) is 0.184. The molecule has 0 aromatic heterocycles. The van der Waals surface area contributed by atoms with E-state index in [2.05, 4.69) is 5.32 Å². The standard InChI is InChI=1S/C9H7F2NO2/c1-5(14)12-8-3-7(10)2-6(4-13)9(8)11/h2-4H,1H3,(H,12,14). The van der Waals surface area contributed by atoms with E-state index in [1.54, 1.807) is 0 Å². The van der Waals surface area contributed by atoms with Gasteiger partial charge in [-0.2, -0.15) is 0 Å². The summed E-state index contributed by atoms with van der Waals surface area (Å²) in [4.78, 5) is 20.9. The number of hydrogen-bond donors (Lipinski definition) is 1. The average Bonchev–Trinajstić information content (AvgIpc) is 2.09. The van der Waals surface area contributed by atoms with Gasteiger partial charge in [0.2, 0.25) is 5.91 Å². The van der Waals surface area contributed by atoms with E-state index in [4.69, 9.17) is 0 Å². The van der Waals surface area contributed by atoms with Crippen molar-refractivity contribution in [3.8, 4) is 0 Å². The Kier molecular flexibility index (Phi) is 2.91. The highest BCUT2D eigenvalue weighted by atomic mass is 19.1. The first-order valence-electron chi connectivity index (χ1n) is 3.76. The van der Waals surface area contributed by atoms with Gasteiger partial charge in [-0.3, -0.25) is 9.59 Å². The number of rotatable bonds is 2. The molecule has 0 aliphatic heterocycles. The lowest BCUT2D eigenvalue weighted by Crippen LogP contribution is -2.09. The molecule has 0 radical (unpaired) electrons. The van der Waals surface area contributed by atoms with Crippen LogP contribution in [0, 0.1) is 11.6 Å². The van der Waals surface area contributed by atoms with E-state index >= 15 is 0 Å². The molecular weight excluding hydrogens is 192 g/mol. The number of anilines is 1. The number of amides is 1. The van der Waals surface area contributed by atoms with Gasteiger partial charge in [-0.05, 0) is 6.07 Å². The maximum absolute atomic E-state index is 13.2. The Balaban J connectivity index is 3.21. The van der Waals surface area contributed by atoms with Crippen LogP contribution < -0.4 is 5.32 Å². The van der Waals surface area contributed by atoms with E-state index in [1.807, 2.05) is 0 Å². The third kappa shape index (κ3) is 2.12. The second-order valence-electron chi connectivity index (χ2n) is 2.66. The largest absolute Gasteiger partial charge is 0.324 e. The Bertz CT molecular complexity index is 391. The van der Waals surface area contributed by atoms with E-state index in [1.165, 1.54) is 0 Å². The summed E-state index contributed by atoms with van der Waals surface area (Å²) in [5, 5.41) is 2.08. The van der Waals surface area contributed by atoms with Crippen molar-refractivity contribution in [2.24, 2.45) is 0 Å². The van der Waals surface area contributed by atoms with Crippen LogP contribution in [0.25, 0.3) is 0 Å². The van der Waals surface area contributed by atoms with E-state index in [0.717, 1.165) is 19.1 Å². The van der Waals surface area contributed by atoms with Gasteiger partial charge >= 0.3 is 0 Å². The number of aldehydes is 1. The predicted molar refractivity (Wildman–Crippen MR) is 46.0 cm³/mol. The Hall–Kier alpha value is -1.78. The molecule has 0 atom stereocenters. The van der Waals surface area contributed by atoms with Crippen LogP contribution in [0.3, 0.4) is 0 Å². The maximum atomic E-state index is 13.2. The maximum Gasteiger partial charge on any atom is 0.221 e. The Morgan fingerprint density at radius 2 is 2.07 bits per heavy atom. The fraction of sp³-hybridized carbons (Fsp3) is 0.111. The van der Waals surface area contributed by atoms with E-state index < -0.39 is 23.1 Å².